The van der Waals surface area contributed by atoms with E-state index in [2.05, 4.69) is 52.3 Å². The van der Waals surface area contributed by atoms with Gasteiger partial charge in [0.2, 0.25) is 0 Å². The summed E-state index contributed by atoms with van der Waals surface area (Å²) in [5.74, 6) is 0.132. The second-order valence-electron chi connectivity index (χ2n) is 9.15. The van der Waals surface area contributed by atoms with Crippen LogP contribution in [-0.4, -0.2) is 59.8 Å². The number of halogens is 3. The first-order valence-corrected chi connectivity index (χ1v) is 12.0. The lowest BCUT2D eigenvalue weighted by Gasteiger charge is -2.43. The second-order valence-corrected chi connectivity index (χ2v) is 9.59. The zero-order valence-electron chi connectivity index (χ0n) is 18.8. The highest BCUT2D eigenvalue weighted by Crippen LogP contribution is 2.41. The van der Waals surface area contributed by atoms with Gasteiger partial charge in [0.15, 0.2) is 0 Å². The minimum absolute atomic E-state index is 0. The zero-order valence-corrected chi connectivity index (χ0v) is 21.2. The first-order valence-electron chi connectivity index (χ1n) is 11.6. The highest BCUT2D eigenvalue weighted by Gasteiger charge is 2.40. The van der Waals surface area contributed by atoms with Crippen LogP contribution >= 0.6 is 36.4 Å². The summed E-state index contributed by atoms with van der Waals surface area (Å²) >= 11 is 6.32. The zero-order chi connectivity index (χ0) is 20.8. The average Bonchev–Trinajstić information content (AvgIpc) is 2.78. The molecule has 0 bridgehead atoms. The van der Waals surface area contributed by atoms with Crippen molar-refractivity contribution in [3.8, 4) is 0 Å². The Labute approximate surface area is 211 Å². The van der Waals surface area contributed by atoms with E-state index < -0.39 is 5.60 Å². The summed E-state index contributed by atoms with van der Waals surface area (Å²) in [7, 11) is 0. The summed E-state index contributed by atoms with van der Waals surface area (Å²) in [4.78, 5) is 5.13. The lowest BCUT2D eigenvalue weighted by Crippen LogP contribution is -2.51. The number of aliphatic hydroxyl groups is 1. The standard InChI is InChI=1S/C26H35ClN2O.2ClH/c27-24-11-7-10-23(20-24)25(26(30)13-5-2-6-14-26)21-29-18-16-28(17-19-29)15-12-22-8-3-1-4-9-22;;/h1,3-4,7-11,20,25,30H,2,5-6,12-19,21H2;2*1H. The van der Waals surface area contributed by atoms with Crippen LogP contribution in [0.3, 0.4) is 0 Å². The molecule has 3 nitrogen and oxygen atoms in total. The number of nitrogens with zero attached hydrogens (tertiary/aromatic N) is 2. The second kappa shape index (κ2) is 13.2. The van der Waals surface area contributed by atoms with Gasteiger partial charge >= 0.3 is 0 Å². The summed E-state index contributed by atoms with van der Waals surface area (Å²) in [5, 5.41) is 12.4. The van der Waals surface area contributed by atoms with Gasteiger partial charge in [0.1, 0.15) is 0 Å². The average molecular weight is 500 g/mol. The summed E-state index contributed by atoms with van der Waals surface area (Å²) in [6.45, 7) is 6.40. The Hall–Kier alpha value is -0.810. The van der Waals surface area contributed by atoms with E-state index in [1.165, 1.54) is 17.5 Å². The van der Waals surface area contributed by atoms with Crippen LogP contribution in [0.15, 0.2) is 54.6 Å². The number of rotatable bonds is 7. The molecule has 1 saturated heterocycles. The number of hydrogen-bond donors (Lipinski definition) is 1. The Morgan fingerprint density at radius 2 is 1.50 bits per heavy atom. The van der Waals surface area contributed by atoms with Crippen LogP contribution in [-0.2, 0) is 6.42 Å². The van der Waals surface area contributed by atoms with Crippen molar-refractivity contribution in [2.75, 3.05) is 39.3 Å². The van der Waals surface area contributed by atoms with Gasteiger partial charge in [-0.2, -0.15) is 0 Å². The molecular formula is C26H37Cl3N2O. The van der Waals surface area contributed by atoms with Gasteiger partial charge in [0.25, 0.3) is 0 Å². The molecular weight excluding hydrogens is 463 g/mol. The SMILES string of the molecule is Cl.Cl.OC1(C(CN2CCN(CCc3ccccc3)CC2)c2cccc(Cl)c2)CCCCC1. The van der Waals surface area contributed by atoms with E-state index in [0.29, 0.717) is 0 Å². The number of benzene rings is 2. The molecule has 6 heteroatoms. The number of piperazine rings is 1. The molecule has 2 fully saturated rings. The predicted octanol–water partition coefficient (Wildman–Crippen LogP) is 5.82. The molecule has 0 aromatic heterocycles. The molecule has 1 unspecified atom stereocenters. The fraction of sp³-hybridized carbons (Fsp3) is 0.538. The topological polar surface area (TPSA) is 26.7 Å². The minimum atomic E-state index is -0.604. The highest BCUT2D eigenvalue weighted by molar-refractivity contribution is 6.30. The van der Waals surface area contributed by atoms with Crippen LogP contribution < -0.4 is 0 Å². The van der Waals surface area contributed by atoms with Crippen molar-refractivity contribution < 1.29 is 5.11 Å². The Kier molecular flexibility index (Phi) is 11.3. The van der Waals surface area contributed by atoms with Crippen LogP contribution in [0.1, 0.15) is 49.1 Å². The molecule has 1 heterocycles. The molecule has 1 aliphatic heterocycles. The molecule has 1 N–H and O–H groups in total. The van der Waals surface area contributed by atoms with Gasteiger partial charge in [-0.3, -0.25) is 0 Å². The van der Waals surface area contributed by atoms with Crippen molar-refractivity contribution in [2.45, 2.75) is 50.0 Å². The lowest BCUT2D eigenvalue weighted by atomic mass is 9.72. The van der Waals surface area contributed by atoms with Gasteiger partial charge < -0.3 is 14.9 Å². The fourth-order valence-electron chi connectivity index (χ4n) is 5.21. The maximum atomic E-state index is 11.6. The molecule has 2 aliphatic rings. The molecule has 1 aliphatic carbocycles. The largest absolute Gasteiger partial charge is 0.389 e. The quantitative estimate of drug-likeness (QED) is 0.520. The van der Waals surface area contributed by atoms with E-state index in [1.807, 2.05) is 12.1 Å². The first-order chi connectivity index (χ1) is 14.6. The van der Waals surface area contributed by atoms with E-state index in [9.17, 15) is 5.11 Å². The molecule has 0 amide bonds. The van der Waals surface area contributed by atoms with Gasteiger partial charge in [0.05, 0.1) is 5.60 Å². The summed E-state index contributed by atoms with van der Waals surface area (Å²) < 4.78 is 0. The maximum absolute atomic E-state index is 11.6. The van der Waals surface area contributed by atoms with Crippen molar-refractivity contribution >= 4 is 36.4 Å². The third kappa shape index (κ3) is 7.35. The third-order valence-corrected chi connectivity index (χ3v) is 7.32. The van der Waals surface area contributed by atoms with Crippen LogP contribution in [0.4, 0.5) is 0 Å². The monoisotopic (exact) mass is 498 g/mol. The van der Waals surface area contributed by atoms with Gasteiger partial charge in [0, 0.05) is 50.2 Å². The fourth-order valence-corrected chi connectivity index (χ4v) is 5.41. The van der Waals surface area contributed by atoms with Gasteiger partial charge in [-0.25, -0.2) is 0 Å². The smallest absolute Gasteiger partial charge is 0.0728 e. The molecule has 1 atom stereocenters. The molecule has 2 aromatic rings. The highest BCUT2D eigenvalue weighted by atomic mass is 35.5. The molecule has 2 aromatic carbocycles. The van der Waals surface area contributed by atoms with Crippen molar-refractivity contribution in [2.24, 2.45) is 0 Å². The van der Waals surface area contributed by atoms with Gasteiger partial charge in [-0.05, 0) is 42.5 Å². The van der Waals surface area contributed by atoms with E-state index in [-0.39, 0.29) is 30.7 Å². The first kappa shape index (κ1) is 27.4. The minimum Gasteiger partial charge on any atom is -0.389 e. The van der Waals surface area contributed by atoms with Crippen molar-refractivity contribution in [1.29, 1.82) is 0 Å². The molecule has 1 saturated carbocycles. The van der Waals surface area contributed by atoms with Crippen LogP contribution in [0, 0.1) is 0 Å². The normalized spacial score (nSPS) is 20.1. The van der Waals surface area contributed by atoms with Crippen molar-refractivity contribution in [1.82, 2.24) is 9.80 Å². The number of hydrogen-bond acceptors (Lipinski definition) is 3. The van der Waals surface area contributed by atoms with Crippen molar-refractivity contribution in [3.05, 3.63) is 70.7 Å². The Balaban J connectivity index is 0.00000181. The Morgan fingerprint density at radius 1 is 0.844 bits per heavy atom. The van der Waals surface area contributed by atoms with Crippen LogP contribution in [0.5, 0.6) is 0 Å². The van der Waals surface area contributed by atoms with E-state index >= 15 is 0 Å². The summed E-state index contributed by atoms with van der Waals surface area (Å²) in [6.07, 6.45) is 6.42. The molecule has 32 heavy (non-hydrogen) atoms. The molecule has 0 radical (unpaired) electrons. The Morgan fingerprint density at radius 3 is 2.16 bits per heavy atom. The Bertz CT molecular complexity index is 791. The van der Waals surface area contributed by atoms with Gasteiger partial charge in [-0.15, -0.1) is 24.8 Å². The summed E-state index contributed by atoms with van der Waals surface area (Å²) in [6, 6.07) is 18.9. The lowest BCUT2D eigenvalue weighted by molar-refractivity contribution is -0.0342. The van der Waals surface area contributed by atoms with Crippen LogP contribution in [0.2, 0.25) is 5.02 Å². The summed E-state index contributed by atoms with van der Waals surface area (Å²) in [5.41, 5.74) is 2.01. The third-order valence-electron chi connectivity index (χ3n) is 7.08. The molecule has 4 rings (SSSR count). The van der Waals surface area contributed by atoms with Crippen LogP contribution in [0.25, 0.3) is 0 Å². The van der Waals surface area contributed by atoms with E-state index in [1.54, 1.807) is 0 Å². The van der Waals surface area contributed by atoms with E-state index in [4.69, 9.17) is 11.6 Å². The predicted molar refractivity (Wildman–Crippen MR) is 140 cm³/mol. The molecule has 178 valence electrons. The van der Waals surface area contributed by atoms with E-state index in [0.717, 1.165) is 76.4 Å². The maximum Gasteiger partial charge on any atom is 0.0728 e. The van der Waals surface area contributed by atoms with Crippen molar-refractivity contribution in [3.63, 3.8) is 0 Å². The molecule has 0 spiro atoms. The van der Waals surface area contributed by atoms with Gasteiger partial charge in [-0.1, -0.05) is 73.3 Å².